The minimum atomic E-state index is -0.208. The SMILES string of the molecule is CNc1ccncc1C(=O)Nc1cncc(C)c1. The highest BCUT2D eigenvalue weighted by atomic mass is 16.1. The number of carbonyl (C=O) groups is 1. The molecule has 5 heteroatoms. The molecule has 0 fully saturated rings. The van der Waals surface area contributed by atoms with Crippen LogP contribution in [-0.4, -0.2) is 22.9 Å². The van der Waals surface area contributed by atoms with Crippen LogP contribution < -0.4 is 10.6 Å². The molecule has 0 aliphatic rings. The van der Waals surface area contributed by atoms with Crippen molar-refractivity contribution in [3.05, 3.63) is 48.0 Å². The Kier molecular flexibility index (Phi) is 3.52. The van der Waals surface area contributed by atoms with Crippen LogP contribution in [0.15, 0.2) is 36.9 Å². The van der Waals surface area contributed by atoms with Gasteiger partial charge in [0.05, 0.1) is 17.4 Å². The van der Waals surface area contributed by atoms with Crippen LogP contribution in [0, 0.1) is 6.92 Å². The van der Waals surface area contributed by atoms with Crippen LogP contribution in [0.1, 0.15) is 15.9 Å². The molecule has 1 amide bonds. The third kappa shape index (κ3) is 2.63. The van der Waals surface area contributed by atoms with Crippen molar-refractivity contribution in [1.29, 1.82) is 0 Å². The van der Waals surface area contributed by atoms with Crippen LogP contribution in [0.2, 0.25) is 0 Å². The molecule has 0 unspecified atom stereocenters. The topological polar surface area (TPSA) is 66.9 Å². The predicted molar refractivity (Wildman–Crippen MR) is 70.7 cm³/mol. The van der Waals surface area contributed by atoms with E-state index in [4.69, 9.17) is 0 Å². The van der Waals surface area contributed by atoms with E-state index in [1.807, 2.05) is 13.0 Å². The van der Waals surface area contributed by atoms with Crippen LogP contribution in [0.5, 0.6) is 0 Å². The quantitative estimate of drug-likeness (QED) is 0.864. The van der Waals surface area contributed by atoms with E-state index in [2.05, 4.69) is 20.6 Å². The standard InChI is InChI=1S/C13H14N4O/c1-9-5-10(7-16-6-9)17-13(18)11-8-15-4-3-12(11)14-2/h3-8H,1-2H3,(H,14,15)(H,17,18). The number of hydrogen-bond donors (Lipinski definition) is 2. The van der Waals surface area contributed by atoms with Gasteiger partial charge < -0.3 is 10.6 Å². The summed E-state index contributed by atoms with van der Waals surface area (Å²) in [5.74, 6) is -0.208. The van der Waals surface area contributed by atoms with Gasteiger partial charge >= 0.3 is 0 Å². The molecule has 2 rings (SSSR count). The lowest BCUT2D eigenvalue weighted by Crippen LogP contribution is -2.14. The molecule has 0 aliphatic carbocycles. The van der Waals surface area contributed by atoms with Crippen molar-refractivity contribution >= 4 is 17.3 Å². The van der Waals surface area contributed by atoms with Gasteiger partial charge in [0.2, 0.25) is 0 Å². The first kappa shape index (κ1) is 12.0. The Labute approximate surface area is 105 Å². The minimum Gasteiger partial charge on any atom is -0.387 e. The van der Waals surface area contributed by atoms with Crippen LogP contribution in [0.25, 0.3) is 0 Å². The molecular weight excluding hydrogens is 228 g/mol. The maximum atomic E-state index is 12.1. The van der Waals surface area contributed by atoms with Crippen molar-refractivity contribution < 1.29 is 4.79 Å². The largest absolute Gasteiger partial charge is 0.387 e. The maximum absolute atomic E-state index is 12.1. The maximum Gasteiger partial charge on any atom is 0.259 e. The van der Waals surface area contributed by atoms with Gasteiger partial charge in [0.1, 0.15) is 0 Å². The van der Waals surface area contributed by atoms with Crippen molar-refractivity contribution in [3.8, 4) is 0 Å². The Balaban J connectivity index is 2.22. The molecule has 0 bridgehead atoms. The second-order valence-electron chi connectivity index (χ2n) is 3.88. The van der Waals surface area contributed by atoms with Crippen molar-refractivity contribution in [2.75, 3.05) is 17.7 Å². The first-order chi connectivity index (χ1) is 8.70. The number of aryl methyl sites for hydroxylation is 1. The molecule has 0 atom stereocenters. The number of amides is 1. The average Bonchev–Trinajstić information content (AvgIpc) is 2.38. The summed E-state index contributed by atoms with van der Waals surface area (Å²) >= 11 is 0. The molecule has 2 aromatic heterocycles. The molecule has 0 spiro atoms. The second kappa shape index (κ2) is 5.27. The molecule has 2 aromatic rings. The summed E-state index contributed by atoms with van der Waals surface area (Å²) in [7, 11) is 1.76. The van der Waals surface area contributed by atoms with Gasteiger partial charge in [-0.05, 0) is 24.6 Å². The zero-order valence-corrected chi connectivity index (χ0v) is 10.3. The van der Waals surface area contributed by atoms with Crippen LogP contribution >= 0.6 is 0 Å². The fraction of sp³-hybridized carbons (Fsp3) is 0.154. The number of nitrogens with zero attached hydrogens (tertiary/aromatic N) is 2. The summed E-state index contributed by atoms with van der Waals surface area (Å²) in [6.07, 6.45) is 6.51. The van der Waals surface area contributed by atoms with E-state index in [-0.39, 0.29) is 5.91 Å². The lowest BCUT2D eigenvalue weighted by atomic mass is 10.2. The molecule has 5 nitrogen and oxygen atoms in total. The monoisotopic (exact) mass is 242 g/mol. The van der Waals surface area contributed by atoms with Gasteiger partial charge in [-0.15, -0.1) is 0 Å². The normalized spacial score (nSPS) is 9.89. The molecule has 18 heavy (non-hydrogen) atoms. The molecule has 0 aromatic carbocycles. The Morgan fingerprint density at radius 1 is 1.22 bits per heavy atom. The lowest BCUT2D eigenvalue weighted by molar-refractivity contribution is 0.102. The molecule has 2 N–H and O–H groups in total. The molecular formula is C13H14N4O. The van der Waals surface area contributed by atoms with Gasteiger partial charge in [-0.1, -0.05) is 0 Å². The van der Waals surface area contributed by atoms with E-state index in [0.29, 0.717) is 11.3 Å². The van der Waals surface area contributed by atoms with Gasteiger partial charge in [0.15, 0.2) is 0 Å². The van der Waals surface area contributed by atoms with E-state index >= 15 is 0 Å². The highest BCUT2D eigenvalue weighted by Gasteiger charge is 2.10. The molecule has 0 aliphatic heterocycles. The number of rotatable bonds is 3. The minimum absolute atomic E-state index is 0.208. The summed E-state index contributed by atoms with van der Waals surface area (Å²) in [6, 6.07) is 3.61. The number of hydrogen-bond acceptors (Lipinski definition) is 4. The van der Waals surface area contributed by atoms with E-state index < -0.39 is 0 Å². The summed E-state index contributed by atoms with van der Waals surface area (Å²) < 4.78 is 0. The Morgan fingerprint density at radius 3 is 2.78 bits per heavy atom. The van der Waals surface area contributed by atoms with Crippen LogP contribution in [0.3, 0.4) is 0 Å². The Bertz CT molecular complexity index is 568. The molecule has 0 saturated carbocycles. The van der Waals surface area contributed by atoms with Gasteiger partial charge in [0.25, 0.3) is 5.91 Å². The summed E-state index contributed by atoms with van der Waals surface area (Å²) in [5, 5.41) is 5.75. The van der Waals surface area contributed by atoms with E-state index in [0.717, 1.165) is 11.3 Å². The molecule has 0 saturated heterocycles. The van der Waals surface area contributed by atoms with Crippen molar-refractivity contribution in [3.63, 3.8) is 0 Å². The summed E-state index contributed by atoms with van der Waals surface area (Å²) in [5.41, 5.74) is 2.91. The van der Waals surface area contributed by atoms with Crippen molar-refractivity contribution in [2.45, 2.75) is 6.92 Å². The van der Waals surface area contributed by atoms with E-state index in [9.17, 15) is 4.79 Å². The van der Waals surface area contributed by atoms with E-state index in [1.54, 1.807) is 31.7 Å². The number of aromatic nitrogens is 2. The van der Waals surface area contributed by atoms with Gasteiger partial charge in [0, 0.05) is 31.3 Å². The zero-order chi connectivity index (χ0) is 13.0. The number of nitrogens with one attached hydrogen (secondary N) is 2. The Hall–Kier alpha value is -2.43. The first-order valence-electron chi connectivity index (χ1n) is 5.55. The second-order valence-corrected chi connectivity index (χ2v) is 3.88. The first-order valence-corrected chi connectivity index (χ1v) is 5.55. The lowest BCUT2D eigenvalue weighted by Gasteiger charge is -2.09. The van der Waals surface area contributed by atoms with Crippen molar-refractivity contribution in [1.82, 2.24) is 9.97 Å². The highest BCUT2D eigenvalue weighted by Crippen LogP contribution is 2.15. The Morgan fingerprint density at radius 2 is 2.06 bits per heavy atom. The third-order valence-electron chi connectivity index (χ3n) is 2.47. The third-order valence-corrected chi connectivity index (χ3v) is 2.47. The molecule has 92 valence electrons. The van der Waals surface area contributed by atoms with Crippen LogP contribution in [-0.2, 0) is 0 Å². The number of anilines is 2. The predicted octanol–water partition coefficient (Wildman–Crippen LogP) is 2.08. The van der Waals surface area contributed by atoms with Crippen LogP contribution in [0.4, 0.5) is 11.4 Å². The average molecular weight is 242 g/mol. The number of pyridine rings is 2. The zero-order valence-electron chi connectivity index (χ0n) is 10.3. The molecule has 2 heterocycles. The molecule has 0 radical (unpaired) electrons. The fourth-order valence-electron chi connectivity index (χ4n) is 1.62. The number of carbonyl (C=O) groups excluding carboxylic acids is 1. The summed E-state index contributed by atoms with van der Waals surface area (Å²) in [4.78, 5) is 20.1. The van der Waals surface area contributed by atoms with Gasteiger partial charge in [-0.3, -0.25) is 14.8 Å². The summed E-state index contributed by atoms with van der Waals surface area (Å²) in [6.45, 7) is 1.92. The fourth-order valence-corrected chi connectivity index (χ4v) is 1.62. The van der Waals surface area contributed by atoms with E-state index in [1.165, 1.54) is 6.20 Å². The highest BCUT2D eigenvalue weighted by molar-refractivity contribution is 6.07. The van der Waals surface area contributed by atoms with Gasteiger partial charge in [-0.2, -0.15) is 0 Å². The van der Waals surface area contributed by atoms with Gasteiger partial charge in [-0.25, -0.2) is 0 Å². The smallest absolute Gasteiger partial charge is 0.259 e. The van der Waals surface area contributed by atoms with Crippen molar-refractivity contribution in [2.24, 2.45) is 0 Å².